The molecule has 0 aromatic heterocycles. The molecule has 0 radical (unpaired) electrons. The molecule has 0 saturated heterocycles. The summed E-state index contributed by atoms with van der Waals surface area (Å²) < 4.78 is 4.99. The van der Waals surface area contributed by atoms with E-state index >= 15 is 0 Å². The average Bonchev–Trinajstić information content (AvgIpc) is 2.37. The summed E-state index contributed by atoms with van der Waals surface area (Å²) in [7, 11) is 0. The van der Waals surface area contributed by atoms with Gasteiger partial charge < -0.3 is 4.74 Å². The Hall–Kier alpha value is -1.90. The molecule has 90 valence electrons. The Labute approximate surface area is 101 Å². The largest absolute Gasteiger partial charge is 0.462 e. The van der Waals surface area contributed by atoms with Crippen LogP contribution in [0.3, 0.4) is 0 Å². The summed E-state index contributed by atoms with van der Waals surface area (Å²) in [5.74, 6) is -0.442. The lowest BCUT2D eigenvalue weighted by Gasteiger charge is -2.09. The van der Waals surface area contributed by atoms with Gasteiger partial charge >= 0.3 is 5.97 Å². The van der Waals surface area contributed by atoms with Crippen molar-refractivity contribution in [3.63, 3.8) is 0 Å². The first-order valence-electron chi connectivity index (χ1n) is 5.65. The minimum atomic E-state index is -0.442. The monoisotopic (exact) mass is 232 g/mol. The van der Waals surface area contributed by atoms with E-state index in [9.17, 15) is 9.59 Å². The van der Waals surface area contributed by atoms with Crippen LogP contribution in [0.1, 0.15) is 25.8 Å². The van der Waals surface area contributed by atoms with Gasteiger partial charge in [0.15, 0.2) is 0 Å². The Morgan fingerprint density at radius 2 is 1.88 bits per heavy atom. The molecule has 1 aromatic rings. The predicted octanol–water partition coefficient (Wildman–Crippen LogP) is 2.61. The molecule has 0 aliphatic rings. The molecular formula is C14H16O3. The minimum Gasteiger partial charge on any atom is -0.462 e. The van der Waals surface area contributed by atoms with E-state index in [1.54, 1.807) is 19.1 Å². The summed E-state index contributed by atoms with van der Waals surface area (Å²) >= 11 is 0. The molecule has 0 aliphatic carbocycles. The van der Waals surface area contributed by atoms with Crippen molar-refractivity contribution >= 4 is 17.8 Å². The first kappa shape index (κ1) is 13.2. The Morgan fingerprint density at radius 1 is 1.24 bits per heavy atom. The summed E-state index contributed by atoms with van der Waals surface area (Å²) in [6.07, 6.45) is 1.23. The van der Waals surface area contributed by atoms with Crippen molar-refractivity contribution in [1.29, 1.82) is 0 Å². The van der Waals surface area contributed by atoms with Gasteiger partial charge in [0, 0.05) is 5.57 Å². The van der Waals surface area contributed by atoms with Crippen molar-refractivity contribution in [2.45, 2.75) is 20.3 Å². The van der Waals surface area contributed by atoms with Crippen LogP contribution in [0.2, 0.25) is 0 Å². The second-order valence-corrected chi connectivity index (χ2v) is 3.46. The fraction of sp³-hybridized carbons (Fsp3) is 0.286. The molecule has 3 heteroatoms. The third-order valence-electron chi connectivity index (χ3n) is 2.39. The maximum Gasteiger partial charge on any atom is 0.339 e. The van der Waals surface area contributed by atoms with E-state index in [1.165, 1.54) is 0 Å². The van der Waals surface area contributed by atoms with Crippen LogP contribution in [0, 0.1) is 0 Å². The molecule has 3 nitrogen and oxygen atoms in total. The number of aldehydes is 1. The highest BCUT2D eigenvalue weighted by atomic mass is 16.5. The SMILES string of the molecule is CCOC(=O)C(=C(C=O)CC)c1ccccc1. The van der Waals surface area contributed by atoms with Gasteiger partial charge in [-0.2, -0.15) is 0 Å². The lowest BCUT2D eigenvalue weighted by molar-refractivity contribution is -0.136. The standard InChI is InChI=1S/C14H16O3/c1-3-11(10-15)13(14(16)17-4-2)12-8-6-5-7-9-12/h5-10H,3-4H2,1-2H3. The van der Waals surface area contributed by atoms with Crippen LogP contribution < -0.4 is 0 Å². The normalized spacial score (nSPS) is 11.6. The van der Waals surface area contributed by atoms with Crippen LogP contribution in [-0.2, 0) is 14.3 Å². The van der Waals surface area contributed by atoms with E-state index in [0.29, 0.717) is 24.2 Å². The number of hydrogen-bond acceptors (Lipinski definition) is 3. The Balaban J connectivity index is 3.25. The molecule has 0 saturated carbocycles. The van der Waals surface area contributed by atoms with Crippen molar-refractivity contribution in [1.82, 2.24) is 0 Å². The molecule has 17 heavy (non-hydrogen) atoms. The first-order valence-corrected chi connectivity index (χ1v) is 5.65. The third kappa shape index (κ3) is 3.28. The summed E-state index contributed by atoms with van der Waals surface area (Å²) in [5.41, 5.74) is 1.55. The molecule has 0 fully saturated rings. The van der Waals surface area contributed by atoms with E-state index in [2.05, 4.69) is 0 Å². The number of carbonyl (C=O) groups excluding carboxylic acids is 2. The molecular weight excluding hydrogens is 216 g/mol. The summed E-state index contributed by atoms with van der Waals surface area (Å²) in [5, 5.41) is 0. The van der Waals surface area contributed by atoms with Gasteiger partial charge in [0.25, 0.3) is 0 Å². The first-order chi connectivity index (χ1) is 8.24. The number of esters is 1. The second kappa shape index (κ2) is 6.63. The number of allylic oxidation sites excluding steroid dienone is 1. The zero-order valence-corrected chi connectivity index (χ0v) is 10.1. The molecule has 1 aromatic carbocycles. The van der Waals surface area contributed by atoms with Gasteiger partial charge in [-0.25, -0.2) is 4.79 Å². The Kier molecular flexibility index (Phi) is 5.14. The summed E-state index contributed by atoms with van der Waals surface area (Å²) in [6.45, 7) is 3.88. The van der Waals surface area contributed by atoms with E-state index in [0.717, 1.165) is 11.8 Å². The number of benzene rings is 1. The maximum atomic E-state index is 11.9. The highest BCUT2D eigenvalue weighted by Gasteiger charge is 2.17. The van der Waals surface area contributed by atoms with Crippen molar-refractivity contribution in [3.05, 3.63) is 41.5 Å². The minimum absolute atomic E-state index is 0.297. The van der Waals surface area contributed by atoms with Crippen LogP contribution >= 0.6 is 0 Å². The van der Waals surface area contributed by atoms with Crippen molar-refractivity contribution < 1.29 is 14.3 Å². The lowest BCUT2D eigenvalue weighted by Crippen LogP contribution is -2.10. The van der Waals surface area contributed by atoms with Gasteiger partial charge in [-0.15, -0.1) is 0 Å². The van der Waals surface area contributed by atoms with E-state index in [1.807, 2.05) is 25.1 Å². The molecule has 0 amide bonds. The summed E-state index contributed by atoms with van der Waals surface area (Å²) in [4.78, 5) is 22.9. The third-order valence-corrected chi connectivity index (χ3v) is 2.39. The summed E-state index contributed by atoms with van der Waals surface area (Å²) in [6, 6.07) is 9.11. The van der Waals surface area contributed by atoms with Gasteiger partial charge in [-0.3, -0.25) is 4.79 Å². The van der Waals surface area contributed by atoms with Crippen LogP contribution in [0.25, 0.3) is 5.57 Å². The fourth-order valence-electron chi connectivity index (χ4n) is 1.56. The molecule has 1 rings (SSSR count). The van der Waals surface area contributed by atoms with E-state index in [4.69, 9.17) is 4.74 Å². The van der Waals surface area contributed by atoms with Crippen LogP contribution in [0.5, 0.6) is 0 Å². The topological polar surface area (TPSA) is 43.4 Å². The average molecular weight is 232 g/mol. The second-order valence-electron chi connectivity index (χ2n) is 3.46. The van der Waals surface area contributed by atoms with Gasteiger partial charge in [-0.1, -0.05) is 37.3 Å². The van der Waals surface area contributed by atoms with E-state index in [-0.39, 0.29) is 0 Å². The number of rotatable bonds is 5. The molecule has 0 spiro atoms. The zero-order chi connectivity index (χ0) is 12.7. The highest BCUT2D eigenvalue weighted by Crippen LogP contribution is 2.21. The Morgan fingerprint density at radius 3 is 2.35 bits per heavy atom. The Bertz CT molecular complexity index is 418. The maximum absolute atomic E-state index is 11.9. The molecule has 0 bridgehead atoms. The highest BCUT2D eigenvalue weighted by molar-refractivity contribution is 6.21. The van der Waals surface area contributed by atoms with Crippen LogP contribution in [-0.4, -0.2) is 18.9 Å². The van der Waals surface area contributed by atoms with Crippen LogP contribution in [0.15, 0.2) is 35.9 Å². The fourth-order valence-corrected chi connectivity index (χ4v) is 1.56. The van der Waals surface area contributed by atoms with Crippen molar-refractivity contribution in [3.8, 4) is 0 Å². The molecule has 0 N–H and O–H groups in total. The zero-order valence-electron chi connectivity index (χ0n) is 10.1. The molecule has 0 atom stereocenters. The molecule has 0 heterocycles. The quantitative estimate of drug-likeness (QED) is 0.445. The van der Waals surface area contributed by atoms with Gasteiger partial charge in [-0.05, 0) is 18.9 Å². The predicted molar refractivity (Wildman–Crippen MR) is 66.4 cm³/mol. The smallest absolute Gasteiger partial charge is 0.339 e. The van der Waals surface area contributed by atoms with Crippen molar-refractivity contribution in [2.75, 3.05) is 6.61 Å². The van der Waals surface area contributed by atoms with E-state index < -0.39 is 5.97 Å². The van der Waals surface area contributed by atoms with Gasteiger partial charge in [0.1, 0.15) is 6.29 Å². The molecule has 0 aliphatic heterocycles. The van der Waals surface area contributed by atoms with Crippen LogP contribution in [0.4, 0.5) is 0 Å². The number of hydrogen-bond donors (Lipinski definition) is 0. The van der Waals surface area contributed by atoms with Gasteiger partial charge in [0.2, 0.25) is 0 Å². The van der Waals surface area contributed by atoms with Gasteiger partial charge in [0.05, 0.1) is 12.2 Å². The lowest BCUT2D eigenvalue weighted by atomic mass is 9.99. The number of carbonyl (C=O) groups is 2. The number of ether oxygens (including phenoxy) is 1. The van der Waals surface area contributed by atoms with Crippen molar-refractivity contribution in [2.24, 2.45) is 0 Å². The molecule has 0 unspecified atom stereocenters.